The van der Waals surface area contributed by atoms with Crippen molar-refractivity contribution >= 4 is 23.2 Å². The number of halogens is 2. The van der Waals surface area contributed by atoms with E-state index in [9.17, 15) is 0 Å². The van der Waals surface area contributed by atoms with Gasteiger partial charge in [0, 0.05) is 31.2 Å². The van der Waals surface area contributed by atoms with E-state index in [2.05, 4.69) is 30.1 Å². The maximum absolute atomic E-state index is 6.16. The normalized spacial score (nSPS) is 30.6. The summed E-state index contributed by atoms with van der Waals surface area (Å²) in [6.07, 6.45) is 3.93. The van der Waals surface area contributed by atoms with Crippen LogP contribution >= 0.6 is 23.2 Å². The molecule has 1 aromatic carbocycles. The highest BCUT2D eigenvalue weighted by molar-refractivity contribution is 6.42. The summed E-state index contributed by atoms with van der Waals surface area (Å²) in [4.78, 5) is 2.62. The Hall–Kier alpha value is -0.280. The average molecular weight is 327 g/mol. The van der Waals surface area contributed by atoms with E-state index < -0.39 is 0 Å². The highest BCUT2D eigenvalue weighted by Crippen LogP contribution is 2.41. The van der Waals surface area contributed by atoms with Crippen LogP contribution in [0.25, 0.3) is 0 Å². The van der Waals surface area contributed by atoms with Gasteiger partial charge in [-0.15, -0.1) is 0 Å². The number of benzene rings is 1. The topological polar surface area (TPSA) is 15.3 Å². The average Bonchev–Trinajstić information content (AvgIpc) is 3.28. The van der Waals surface area contributed by atoms with E-state index in [-0.39, 0.29) is 5.54 Å². The second-order valence-corrected chi connectivity index (χ2v) is 7.60. The highest BCUT2D eigenvalue weighted by Gasteiger charge is 2.45. The molecule has 3 rings (SSSR count). The molecule has 1 saturated heterocycles. The van der Waals surface area contributed by atoms with Gasteiger partial charge in [-0.2, -0.15) is 0 Å². The summed E-state index contributed by atoms with van der Waals surface area (Å²) in [5, 5.41) is 5.10. The molecule has 0 bridgehead atoms. The van der Waals surface area contributed by atoms with Crippen LogP contribution in [0.5, 0.6) is 0 Å². The zero-order chi connectivity index (χ0) is 15.0. The zero-order valence-corrected chi connectivity index (χ0v) is 14.3. The molecule has 0 spiro atoms. The van der Waals surface area contributed by atoms with Crippen LogP contribution in [-0.2, 0) is 6.54 Å². The molecule has 1 heterocycles. The summed E-state index contributed by atoms with van der Waals surface area (Å²) in [6, 6.07) is 6.61. The number of nitrogens with one attached hydrogen (secondary N) is 1. The van der Waals surface area contributed by atoms with E-state index in [1.807, 2.05) is 12.1 Å². The monoisotopic (exact) mass is 326 g/mol. The van der Waals surface area contributed by atoms with E-state index >= 15 is 0 Å². The lowest BCUT2D eigenvalue weighted by Crippen LogP contribution is -2.63. The van der Waals surface area contributed by atoms with Crippen LogP contribution < -0.4 is 5.32 Å². The van der Waals surface area contributed by atoms with Gasteiger partial charge in [0.05, 0.1) is 10.0 Å². The quantitative estimate of drug-likeness (QED) is 0.885. The summed E-state index contributed by atoms with van der Waals surface area (Å²) in [7, 11) is 0. The van der Waals surface area contributed by atoms with Gasteiger partial charge in [0.2, 0.25) is 0 Å². The number of piperazine rings is 1. The van der Waals surface area contributed by atoms with Crippen molar-refractivity contribution in [1.29, 1.82) is 0 Å². The molecule has 2 unspecified atom stereocenters. The predicted molar refractivity (Wildman–Crippen MR) is 90.1 cm³/mol. The number of rotatable bonds is 4. The van der Waals surface area contributed by atoms with Gasteiger partial charge in [-0.05, 0) is 49.8 Å². The van der Waals surface area contributed by atoms with Gasteiger partial charge in [0.1, 0.15) is 0 Å². The number of hydrogen-bond acceptors (Lipinski definition) is 2. The molecular formula is C17H24Cl2N2. The van der Waals surface area contributed by atoms with Gasteiger partial charge in [-0.25, -0.2) is 0 Å². The van der Waals surface area contributed by atoms with Crippen LogP contribution in [-0.4, -0.2) is 29.6 Å². The molecule has 2 aliphatic rings. The van der Waals surface area contributed by atoms with E-state index in [4.69, 9.17) is 23.2 Å². The van der Waals surface area contributed by atoms with Crippen molar-refractivity contribution in [1.82, 2.24) is 10.2 Å². The Balaban J connectivity index is 1.74. The molecule has 1 N–H and O–H groups in total. The lowest BCUT2D eigenvalue weighted by Gasteiger charge is -2.46. The predicted octanol–water partition coefficient (Wildman–Crippen LogP) is 4.35. The molecule has 0 amide bonds. The molecule has 116 valence electrons. The molecular weight excluding hydrogens is 303 g/mol. The van der Waals surface area contributed by atoms with Crippen molar-refractivity contribution in [2.24, 2.45) is 5.92 Å². The van der Waals surface area contributed by atoms with Crippen LogP contribution in [0.1, 0.15) is 38.7 Å². The van der Waals surface area contributed by atoms with Crippen molar-refractivity contribution in [2.75, 3.05) is 13.1 Å². The largest absolute Gasteiger partial charge is 0.308 e. The van der Waals surface area contributed by atoms with Gasteiger partial charge < -0.3 is 5.32 Å². The summed E-state index contributed by atoms with van der Waals surface area (Å²) < 4.78 is 0. The Bertz CT molecular complexity index is 516. The van der Waals surface area contributed by atoms with Gasteiger partial charge in [-0.3, -0.25) is 4.90 Å². The minimum Gasteiger partial charge on any atom is -0.308 e. The van der Waals surface area contributed by atoms with E-state index in [1.165, 1.54) is 24.8 Å². The molecule has 1 aliphatic carbocycles. The first kappa shape index (κ1) is 15.6. The molecule has 1 aliphatic heterocycles. The summed E-state index contributed by atoms with van der Waals surface area (Å²) in [5.74, 6) is 0.853. The Labute approximate surface area is 137 Å². The number of hydrogen-bond donors (Lipinski definition) is 1. The van der Waals surface area contributed by atoms with Gasteiger partial charge in [0.15, 0.2) is 0 Å². The first-order valence-corrected chi connectivity index (χ1v) is 8.70. The van der Waals surface area contributed by atoms with Crippen molar-refractivity contribution in [3.63, 3.8) is 0 Å². The van der Waals surface area contributed by atoms with Crippen LogP contribution in [0, 0.1) is 5.92 Å². The summed E-state index contributed by atoms with van der Waals surface area (Å²) in [5.41, 5.74) is 1.53. The second-order valence-electron chi connectivity index (χ2n) is 6.79. The van der Waals surface area contributed by atoms with Crippen LogP contribution in [0.15, 0.2) is 18.2 Å². The van der Waals surface area contributed by atoms with Crippen LogP contribution in [0.3, 0.4) is 0 Å². The Morgan fingerprint density at radius 2 is 2.05 bits per heavy atom. The lowest BCUT2D eigenvalue weighted by molar-refractivity contribution is 0.0666. The molecule has 2 atom stereocenters. The van der Waals surface area contributed by atoms with Crippen LogP contribution in [0.4, 0.5) is 0 Å². The maximum Gasteiger partial charge on any atom is 0.0595 e. The fraction of sp³-hybridized carbons (Fsp3) is 0.647. The third kappa shape index (κ3) is 3.39. The summed E-state index contributed by atoms with van der Waals surface area (Å²) in [6.45, 7) is 7.83. The minimum absolute atomic E-state index is 0.280. The fourth-order valence-corrected chi connectivity index (χ4v) is 3.86. The van der Waals surface area contributed by atoms with Gasteiger partial charge in [0.25, 0.3) is 0 Å². The van der Waals surface area contributed by atoms with E-state index in [1.54, 1.807) is 0 Å². The van der Waals surface area contributed by atoms with Crippen molar-refractivity contribution in [2.45, 2.75) is 51.2 Å². The molecule has 1 saturated carbocycles. The van der Waals surface area contributed by atoms with Crippen molar-refractivity contribution < 1.29 is 0 Å². The third-order valence-electron chi connectivity index (χ3n) is 5.11. The first-order chi connectivity index (χ1) is 10.0. The van der Waals surface area contributed by atoms with Crippen molar-refractivity contribution in [3.8, 4) is 0 Å². The molecule has 4 heteroatoms. The van der Waals surface area contributed by atoms with E-state index in [0.29, 0.717) is 16.1 Å². The highest BCUT2D eigenvalue weighted by atomic mass is 35.5. The summed E-state index contributed by atoms with van der Waals surface area (Å²) >= 11 is 12.2. The molecule has 21 heavy (non-hydrogen) atoms. The molecule has 2 fully saturated rings. The fourth-order valence-electron chi connectivity index (χ4n) is 3.54. The van der Waals surface area contributed by atoms with Crippen molar-refractivity contribution in [3.05, 3.63) is 33.8 Å². The molecule has 2 nitrogen and oxygen atoms in total. The van der Waals surface area contributed by atoms with Gasteiger partial charge >= 0.3 is 0 Å². The molecule has 1 aromatic rings. The zero-order valence-electron chi connectivity index (χ0n) is 12.8. The first-order valence-electron chi connectivity index (χ1n) is 7.95. The number of nitrogens with zero attached hydrogens (tertiary/aromatic N) is 1. The Morgan fingerprint density at radius 1 is 1.29 bits per heavy atom. The van der Waals surface area contributed by atoms with E-state index in [0.717, 1.165) is 25.6 Å². The second kappa shape index (κ2) is 6.08. The van der Waals surface area contributed by atoms with Gasteiger partial charge in [-0.1, -0.05) is 36.2 Å². The lowest BCUT2D eigenvalue weighted by atomic mass is 9.90. The Kier molecular flexibility index (Phi) is 4.52. The third-order valence-corrected chi connectivity index (χ3v) is 5.85. The maximum atomic E-state index is 6.16. The Morgan fingerprint density at radius 3 is 2.67 bits per heavy atom. The smallest absolute Gasteiger partial charge is 0.0595 e. The minimum atomic E-state index is 0.280. The molecule has 0 aromatic heterocycles. The standard InChI is InChI=1S/C17H24Cl2N2/c1-3-14-9-20-17(2,13-5-6-13)11-21(14)10-12-4-7-15(18)16(19)8-12/h4,7-8,13-14,20H,3,5-6,9-11H2,1-2H3. The molecule has 0 radical (unpaired) electrons. The van der Waals surface area contributed by atoms with Crippen LogP contribution in [0.2, 0.25) is 10.0 Å². The SMILES string of the molecule is CCC1CNC(C)(C2CC2)CN1Cc1ccc(Cl)c(Cl)c1.